The monoisotopic (exact) mass is 344 g/mol. The van der Waals surface area contributed by atoms with Gasteiger partial charge in [0.1, 0.15) is 11.1 Å². The van der Waals surface area contributed by atoms with Gasteiger partial charge < -0.3 is 9.84 Å². The minimum absolute atomic E-state index is 0.123. The number of carbonyl (C=O) groups is 1. The molecular weight excluding hydrogens is 332 g/mol. The van der Waals surface area contributed by atoms with Crippen molar-refractivity contribution in [1.82, 2.24) is 10.1 Å². The maximum absolute atomic E-state index is 11.9. The number of rotatable bonds is 6. The number of amides is 1. The SMILES string of the molecule is N#Cc1ccsc1NC(=O)CCCc1nc(-c2cccs2)no1. The average molecular weight is 344 g/mol. The molecule has 3 heterocycles. The molecule has 0 aliphatic carbocycles. The fourth-order valence-corrected chi connectivity index (χ4v) is 3.35. The second-order valence-electron chi connectivity index (χ2n) is 4.67. The molecule has 0 aliphatic rings. The predicted molar refractivity (Wildman–Crippen MR) is 88.2 cm³/mol. The zero-order chi connectivity index (χ0) is 16.1. The molecule has 0 saturated carbocycles. The van der Waals surface area contributed by atoms with Gasteiger partial charge in [0.15, 0.2) is 0 Å². The van der Waals surface area contributed by atoms with E-state index in [1.54, 1.807) is 22.8 Å². The van der Waals surface area contributed by atoms with E-state index in [1.165, 1.54) is 11.3 Å². The topological polar surface area (TPSA) is 91.8 Å². The zero-order valence-electron chi connectivity index (χ0n) is 12.0. The first-order valence-electron chi connectivity index (χ1n) is 6.90. The van der Waals surface area contributed by atoms with Crippen molar-refractivity contribution in [3.05, 3.63) is 40.4 Å². The highest BCUT2D eigenvalue weighted by Gasteiger charge is 2.11. The summed E-state index contributed by atoms with van der Waals surface area (Å²) in [6, 6.07) is 7.59. The Morgan fingerprint density at radius 3 is 3.04 bits per heavy atom. The van der Waals surface area contributed by atoms with Gasteiger partial charge in [0.2, 0.25) is 17.6 Å². The van der Waals surface area contributed by atoms with Crippen LogP contribution in [0, 0.1) is 11.3 Å². The molecule has 6 nitrogen and oxygen atoms in total. The standard InChI is InChI=1S/C15H12N4O2S2/c16-9-10-6-8-23-15(10)17-12(20)4-1-5-13-18-14(19-21-13)11-3-2-7-22-11/h2-3,6-8H,1,4-5H2,(H,17,20). The van der Waals surface area contributed by atoms with Crippen LogP contribution in [0.5, 0.6) is 0 Å². The Morgan fingerprint density at radius 2 is 2.26 bits per heavy atom. The van der Waals surface area contributed by atoms with E-state index in [1.807, 2.05) is 23.6 Å². The van der Waals surface area contributed by atoms with Crippen LogP contribution in [0.25, 0.3) is 10.7 Å². The van der Waals surface area contributed by atoms with E-state index in [2.05, 4.69) is 15.5 Å². The van der Waals surface area contributed by atoms with Gasteiger partial charge >= 0.3 is 0 Å². The number of hydrogen-bond acceptors (Lipinski definition) is 7. The summed E-state index contributed by atoms with van der Waals surface area (Å²) >= 11 is 2.89. The Hall–Kier alpha value is -2.50. The molecule has 3 aromatic rings. The largest absolute Gasteiger partial charge is 0.339 e. The van der Waals surface area contributed by atoms with Crippen LogP contribution in [-0.4, -0.2) is 16.0 Å². The smallest absolute Gasteiger partial charge is 0.226 e. The molecule has 8 heteroatoms. The molecule has 0 fully saturated rings. The normalized spacial score (nSPS) is 10.4. The second-order valence-corrected chi connectivity index (χ2v) is 6.53. The van der Waals surface area contributed by atoms with E-state index in [0.29, 0.717) is 41.5 Å². The molecule has 1 N–H and O–H groups in total. The Balaban J connectivity index is 1.48. The number of nitriles is 1. The highest BCUT2D eigenvalue weighted by atomic mass is 32.1. The van der Waals surface area contributed by atoms with Crippen molar-refractivity contribution in [3.63, 3.8) is 0 Å². The van der Waals surface area contributed by atoms with Gasteiger partial charge in [0.05, 0.1) is 10.4 Å². The van der Waals surface area contributed by atoms with Gasteiger partial charge in [-0.1, -0.05) is 11.2 Å². The first kappa shape index (κ1) is 15.4. The summed E-state index contributed by atoms with van der Waals surface area (Å²) in [4.78, 5) is 17.2. The van der Waals surface area contributed by atoms with Crippen LogP contribution in [0.4, 0.5) is 5.00 Å². The van der Waals surface area contributed by atoms with Crippen molar-refractivity contribution in [1.29, 1.82) is 5.26 Å². The van der Waals surface area contributed by atoms with E-state index in [0.717, 1.165) is 4.88 Å². The summed E-state index contributed by atoms with van der Waals surface area (Å²) < 4.78 is 5.19. The quantitative estimate of drug-likeness (QED) is 0.736. The fourth-order valence-electron chi connectivity index (χ4n) is 1.95. The summed E-state index contributed by atoms with van der Waals surface area (Å²) in [5.41, 5.74) is 0.487. The summed E-state index contributed by atoms with van der Waals surface area (Å²) in [7, 11) is 0. The third-order valence-electron chi connectivity index (χ3n) is 3.04. The number of anilines is 1. The number of hydrogen-bond donors (Lipinski definition) is 1. The maximum Gasteiger partial charge on any atom is 0.226 e. The van der Waals surface area contributed by atoms with Gasteiger partial charge in [-0.15, -0.1) is 22.7 Å². The van der Waals surface area contributed by atoms with E-state index < -0.39 is 0 Å². The number of aromatic nitrogens is 2. The molecule has 0 aromatic carbocycles. The van der Waals surface area contributed by atoms with Crippen molar-refractivity contribution >= 4 is 33.6 Å². The lowest BCUT2D eigenvalue weighted by Gasteiger charge is -2.01. The van der Waals surface area contributed by atoms with Crippen LogP contribution in [0.1, 0.15) is 24.3 Å². The minimum Gasteiger partial charge on any atom is -0.339 e. The molecule has 3 rings (SSSR count). The molecule has 0 saturated heterocycles. The molecule has 0 atom stereocenters. The van der Waals surface area contributed by atoms with E-state index in [4.69, 9.17) is 9.78 Å². The molecule has 3 aromatic heterocycles. The minimum atomic E-state index is -0.123. The summed E-state index contributed by atoms with van der Waals surface area (Å²) in [6.07, 6.45) is 1.48. The van der Waals surface area contributed by atoms with Crippen LogP contribution in [0.15, 0.2) is 33.5 Å². The Kier molecular flexibility index (Phi) is 4.80. The van der Waals surface area contributed by atoms with Gasteiger partial charge in [-0.05, 0) is 29.3 Å². The van der Waals surface area contributed by atoms with Crippen molar-refractivity contribution in [2.45, 2.75) is 19.3 Å². The van der Waals surface area contributed by atoms with Crippen molar-refractivity contribution in [2.75, 3.05) is 5.32 Å². The molecule has 23 heavy (non-hydrogen) atoms. The molecular formula is C15H12N4O2S2. The van der Waals surface area contributed by atoms with E-state index in [-0.39, 0.29) is 5.91 Å². The first-order chi connectivity index (χ1) is 11.3. The van der Waals surface area contributed by atoms with Gasteiger partial charge in [-0.25, -0.2) is 0 Å². The molecule has 116 valence electrons. The Morgan fingerprint density at radius 1 is 1.35 bits per heavy atom. The zero-order valence-corrected chi connectivity index (χ0v) is 13.6. The third kappa shape index (κ3) is 3.83. The molecule has 0 radical (unpaired) electrons. The third-order valence-corrected chi connectivity index (χ3v) is 4.74. The van der Waals surface area contributed by atoms with Gasteiger partial charge in [-0.2, -0.15) is 10.2 Å². The highest BCUT2D eigenvalue weighted by Crippen LogP contribution is 2.23. The summed E-state index contributed by atoms with van der Waals surface area (Å²) in [5.74, 6) is 0.980. The van der Waals surface area contributed by atoms with Crippen molar-refractivity contribution in [3.8, 4) is 16.8 Å². The first-order valence-corrected chi connectivity index (χ1v) is 8.66. The van der Waals surface area contributed by atoms with Crippen LogP contribution in [0.2, 0.25) is 0 Å². The Labute approximate surface area is 140 Å². The average Bonchev–Trinajstić information content (AvgIpc) is 3.28. The van der Waals surface area contributed by atoms with Crippen LogP contribution >= 0.6 is 22.7 Å². The second kappa shape index (κ2) is 7.17. The van der Waals surface area contributed by atoms with E-state index in [9.17, 15) is 4.79 Å². The lowest BCUT2D eigenvalue weighted by molar-refractivity contribution is -0.116. The van der Waals surface area contributed by atoms with Gasteiger partial charge in [0.25, 0.3) is 0 Å². The number of aryl methyl sites for hydroxylation is 1. The molecule has 0 aliphatic heterocycles. The number of thiophene rings is 2. The maximum atomic E-state index is 11.9. The molecule has 0 bridgehead atoms. The number of nitrogens with one attached hydrogen (secondary N) is 1. The molecule has 1 amide bonds. The van der Waals surface area contributed by atoms with Crippen molar-refractivity contribution < 1.29 is 9.32 Å². The van der Waals surface area contributed by atoms with Crippen LogP contribution in [0.3, 0.4) is 0 Å². The fraction of sp³-hybridized carbons (Fsp3) is 0.200. The lowest BCUT2D eigenvalue weighted by Crippen LogP contribution is -2.11. The van der Waals surface area contributed by atoms with Crippen molar-refractivity contribution in [2.24, 2.45) is 0 Å². The van der Waals surface area contributed by atoms with Crippen LogP contribution < -0.4 is 5.32 Å². The van der Waals surface area contributed by atoms with Gasteiger partial charge in [-0.3, -0.25) is 4.79 Å². The Bertz CT molecular complexity index is 830. The number of nitrogens with zero attached hydrogens (tertiary/aromatic N) is 3. The lowest BCUT2D eigenvalue weighted by atomic mass is 10.2. The predicted octanol–water partition coefficient (Wildman–Crippen LogP) is 3.69. The van der Waals surface area contributed by atoms with E-state index >= 15 is 0 Å². The van der Waals surface area contributed by atoms with Crippen LogP contribution in [-0.2, 0) is 11.2 Å². The number of carbonyl (C=O) groups excluding carboxylic acids is 1. The summed E-state index contributed by atoms with van der Waals surface area (Å²) in [6.45, 7) is 0. The molecule has 0 spiro atoms. The summed E-state index contributed by atoms with van der Waals surface area (Å²) in [5, 5.41) is 19.9. The van der Waals surface area contributed by atoms with Gasteiger partial charge in [0, 0.05) is 12.8 Å². The highest BCUT2D eigenvalue weighted by molar-refractivity contribution is 7.14. The molecule has 0 unspecified atom stereocenters.